The van der Waals surface area contributed by atoms with E-state index in [1.807, 2.05) is 0 Å². The standard InChI is InChI=1S/C50H38/c1-49(2)43-29-28-40-35-16-12-13-21-42(35)50(3,4)48(40)47(43)41-27-26-34(30-44(41)49)31-22-24-33(25-23-31)46-38-19-10-8-17-36(38)45(32-14-6-5-7-15-32)37-18-9-11-20-39(37)46/h5-30H,1-4H3. The van der Waals surface area contributed by atoms with Crippen molar-refractivity contribution in [1.29, 1.82) is 0 Å². The summed E-state index contributed by atoms with van der Waals surface area (Å²) in [6, 6.07) is 58.9. The lowest BCUT2D eigenvalue weighted by atomic mass is 9.77. The van der Waals surface area contributed by atoms with Crippen molar-refractivity contribution in [2.24, 2.45) is 0 Å². The summed E-state index contributed by atoms with van der Waals surface area (Å²) >= 11 is 0. The first-order valence-corrected chi connectivity index (χ1v) is 17.9. The number of fused-ring (bicyclic) bond motifs is 9. The first kappa shape index (κ1) is 29.2. The van der Waals surface area contributed by atoms with E-state index in [0.29, 0.717) is 0 Å². The molecule has 50 heavy (non-hydrogen) atoms. The first-order valence-electron chi connectivity index (χ1n) is 17.9. The van der Waals surface area contributed by atoms with Gasteiger partial charge in [0.25, 0.3) is 0 Å². The van der Waals surface area contributed by atoms with Crippen molar-refractivity contribution in [1.82, 2.24) is 0 Å². The van der Waals surface area contributed by atoms with Crippen molar-refractivity contribution in [3.8, 4) is 55.6 Å². The van der Waals surface area contributed by atoms with Crippen molar-refractivity contribution in [2.75, 3.05) is 0 Å². The summed E-state index contributed by atoms with van der Waals surface area (Å²) in [6.45, 7) is 9.61. The van der Waals surface area contributed by atoms with E-state index in [2.05, 4.69) is 185 Å². The van der Waals surface area contributed by atoms with Crippen LogP contribution in [0.2, 0.25) is 0 Å². The van der Waals surface area contributed by atoms with Crippen LogP contribution in [0.3, 0.4) is 0 Å². The summed E-state index contributed by atoms with van der Waals surface area (Å²) in [6.07, 6.45) is 0. The van der Waals surface area contributed by atoms with Crippen LogP contribution in [-0.4, -0.2) is 0 Å². The third-order valence-corrected chi connectivity index (χ3v) is 11.9. The van der Waals surface area contributed by atoms with Crippen molar-refractivity contribution in [3.63, 3.8) is 0 Å². The van der Waals surface area contributed by atoms with E-state index in [1.165, 1.54) is 99.4 Å². The minimum atomic E-state index is -0.0845. The molecule has 0 bridgehead atoms. The molecule has 0 unspecified atom stereocenters. The van der Waals surface area contributed by atoms with Gasteiger partial charge >= 0.3 is 0 Å². The Morgan fingerprint density at radius 3 is 1.44 bits per heavy atom. The van der Waals surface area contributed by atoms with Gasteiger partial charge in [-0.25, -0.2) is 0 Å². The van der Waals surface area contributed by atoms with E-state index < -0.39 is 0 Å². The van der Waals surface area contributed by atoms with Gasteiger partial charge in [-0.1, -0.05) is 179 Å². The third-order valence-electron chi connectivity index (χ3n) is 11.9. The van der Waals surface area contributed by atoms with Crippen molar-refractivity contribution < 1.29 is 0 Å². The average Bonchev–Trinajstić information content (AvgIpc) is 3.53. The molecule has 0 amide bonds. The Morgan fingerprint density at radius 1 is 0.300 bits per heavy atom. The number of hydrogen-bond acceptors (Lipinski definition) is 0. The van der Waals surface area contributed by atoms with Gasteiger partial charge in [0.1, 0.15) is 0 Å². The molecule has 0 heterocycles. The molecule has 0 radical (unpaired) electrons. The molecule has 238 valence electrons. The fraction of sp³-hybridized carbons (Fsp3) is 0.120. The molecule has 0 spiro atoms. The Labute approximate surface area is 294 Å². The van der Waals surface area contributed by atoms with Crippen LogP contribution in [-0.2, 0) is 10.8 Å². The predicted molar refractivity (Wildman–Crippen MR) is 213 cm³/mol. The summed E-state index contributed by atoms with van der Waals surface area (Å²) in [7, 11) is 0. The van der Waals surface area contributed by atoms with Crippen LogP contribution < -0.4 is 0 Å². The lowest BCUT2D eigenvalue weighted by Gasteiger charge is -2.26. The smallest absolute Gasteiger partial charge is 0.0165 e. The van der Waals surface area contributed by atoms with Crippen LogP contribution in [0.5, 0.6) is 0 Å². The average molecular weight is 639 g/mol. The van der Waals surface area contributed by atoms with Gasteiger partial charge in [0.05, 0.1) is 0 Å². The van der Waals surface area contributed by atoms with Crippen LogP contribution in [0.25, 0.3) is 77.2 Å². The lowest BCUT2D eigenvalue weighted by molar-refractivity contribution is 0.647. The normalized spacial score (nSPS) is 14.7. The summed E-state index contributed by atoms with van der Waals surface area (Å²) in [5.41, 5.74) is 18.9. The zero-order chi connectivity index (χ0) is 33.8. The van der Waals surface area contributed by atoms with Crippen molar-refractivity contribution >= 4 is 21.5 Å². The molecule has 0 nitrogen and oxygen atoms in total. The Bertz CT molecular complexity index is 2610. The van der Waals surface area contributed by atoms with Gasteiger partial charge < -0.3 is 0 Å². The van der Waals surface area contributed by atoms with Crippen LogP contribution in [0.4, 0.5) is 0 Å². The maximum Gasteiger partial charge on any atom is 0.0165 e. The van der Waals surface area contributed by atoms with Crippen LogP contribution in [0.15, 0.2) is 158 Å². The molecular formula is C50H38. The second kappa shape index (κ2) is 10.4. The summed E-state index contributed by atoms with van der Waals surface area (Å²) in [4.78, 5) is 0. The summed E-state index contributed by atoms with van der Waals surface area (Å²) < 4.78 is 0. The van der Waals surface area contributed by atoms with Crippen molar-refractivity contribution in [2.45, 2.75) is 38.5 Å². The van der Waals surface area contributed by atoms with Crippen LogP contribution >= 0.6 is 0 Å². The Hall–Kier alpha value is -5.72. The van der Waals surface area contributed by atoms with E-state index >= 15 is 0 Å². The molecule has 0 saturated carbocycles. The molecule has 8 aromatic carbocycles. The fourth-order valence-corrected chi connectivity index (χ4v) is 9.46. The quantitative estimate of drug-likeness (QED) is 0.169. The maximum atomic E-state index is 2.46. The first-order chi connectivity index (χ1) is 24.3. The van der Waals surface area contributed by atoms with Gasteiger partial charge in [0.15, 0.2) is 0 Å². The Kier molecular flexibility index (Phi) is 6.07. The second-order valence-electron chi connectivity index (χ2n) is 15.3. The van der Waals surface area contributed by atoms with Gasteiger partial charge in [-0.2, -0.15) is 0 Å². The molecule has 0 heteroatoms. The highest BCUT2D eigenvalue weighted by Crippen LogP contribution is 2.59. The molecule has 0 atom stereocenters. The van der Waals surface area contributed by atoms with Crippen LogP contribution in [0.1, 0.15) is 49.9 Å². The zero-order valence-corrected chi connectivity index (χ0v) is 29.0. The maximum absolute atomic E-state index is 2.46. The highest BCUT2D eigenvalue weighted by molar-refractivity contribution is 6.21. The van der Waals surface area contributed by atoms with Gasteiger partial charge in [-0.3, -0.25) is 0 Å². The zero-order valence-electron chi connectivity index (χ0n) is 29.0. The van der Waals surface area contributed by atoms with Crippen molar-refractivity contribution in [3.05, 3.63) is 180 Å². The van der Waals surface area contributed by atoms with E-state index in [9.17, 15) is 0 Å². The largest absolute Gasteiger partial charge is 0.0622 e. The van der Waals surface area contributed by atoms with E-state index in [0.717, 1.165) is 0 Å². The predicted octanol–water partition coefficient (Wildman–Crippen LogP) is 13.6. The molecule has 0 aromatic heterocycles. The van der Waals surface area contributed by atoms with Gasteiger partial charge in [0.2, 0.25) is 0 Å². The Balaban J connectivity index is 1.10. The van der Waals surface area contributed by atoms with E-state index in [1.54, 1.807) is 0 Å². The topological polar surface area (TPSA) is 0 Å². The molecule has 0 N–H and O–H groups in total. The lowest BCUT2D eigenvalue weighted by Crippen LogP contribution is -2.18. The molecule has 0 aliphatic heterocycles. The molecule has 10 rings (SSSR count). The monoisotopic (exact) mass is 638 g/mol. The van der Waals surface area contributed by atoms with Crippen LogP contribution in [0, 0.1) is 0 Å². The van der Waals surface area contributed by atoms with Gasteiger partial charge in [-0.05, 0) is 105 Å². The van der Waals surface area contributed by atoms with Gasteiger partial charge in [0, 0.05) is 10.8 Å². The summed E-state index contributed by atoms with van der Waals surface area (Å²) in [5, 5.41) is 5.14. The molecule has 2 aliphatic carbocycles. The highest BCUT2D eigenvalue weighted by Gasteiger charge is 2.44. The van der Waals surface area contributed by atoms with E-state index in [-0.39, 0.29) is 10.8 Å². The third kappa shape index (κ3) is 3.94. The minimum absolute atomic E-state index is 0.0445. The molecule has 0 saturated heterocycles. The SMILES string of the molecule is CC1(C)c2cc(-c3ccc(-c4c5ccccc5c(-c5ccccc5)c5ccccc45)cc3)ccc2-c2c1ccc1c2C(C)(C)c2ccccc2-1. The Morgan fingerprint density at radius 2 is 0.800 bits per heavy atom. The minimum Gasteiger partial charge on any atom is -0.0622 e. The number of rotatable bonds is 3. The molecule has 2 aliphatic rings. The highest BCUT2D eigenvalue weighted by atomic mass is 14.5. The second-order valence-corrected chi connectivity index (χ2v) is 15.3. The number of hydrogen-bond donors (Lipinski definition) is 0. The summed E-state index contributed by atoms with van der Waals surface area (Å²) in [5.74, 6) is 0. The molecular weight excluding hydrogens is 601 g/mol. The van der Waals surface area contributed by atoms with E-state index in [4.69, 9.17) is 0 Å². The molecule has 8 aromatic rings. The fourth-order valence-electron chi connectivity index (χ4n) is 9.46. The van der Waals surface area contributed by atoms with Gasteiger partial charge in [-0.15, -0.1) is 0 Å². The number of benzene rings is 8. The molecule has 0 fully saturated rings.